The number of aryl methyl sites for hydroxylation is 1. The Balaban J connectivity index is 1.47. The minimum Gasteiger partial charge on any atom is -0.349 e. The fourth-order valence-electron chi connectivity index (χ4n) is 5.56. The lowest BCUT2D eigenvalue weighted by molar-refractivity contribution is -0.127. The van der Waals surface area contributed by atoms with Crippen LogP contribution < -0.4 is 5.32 Å². The molecule has 0 radical (unpaired) electrons. The molecule has 4 bridgehead atoms. The normalized spacial score (nSPS) is 35.9. The van der Waals surface area contributed by atoms with Gasteiger partial charge in [0.2, 0.25) is 5.91 Å². The van der Waals surface area contributed by atoms with E-state index in [0.717, 1.165) is 29.1 Å². The highest BCUT2D eigenvalue weighted by Crippen LogP contribution is 2.55. The van der Waals surface area contributed by atoms with Crippen molar-refractivity contribution in [3.63, 3.8) is 0 Å². The zero-order chi connectivity index (χ0) is 15.5. The van der Waals surface area contributed by atoms with Crippen LogP contribution in [-0.2, 0) is 11.3 Å². The monoisotopic (exact) mass is 321 g/mol. The number of hydrogen-bond donors (Lipinski definition) is 1. The molecule has 0 spiro atoms. The molecule has 0 aromatic carbocycles. The highest BCUT2D eigenvalue weighted by molar-refractivity contribution is 6.31. The van der Waals surface area contributed by atoms with Crippen LogP contribution in [0.2, 0.25) is 5.02 Å². The highest BCUT2D eigenvalue weighted by atomic mass is 35.5. The molecule has 1 aromatic heterocycles. The van der Waals surface area contributed by atoms with Gasteiger partial charge in [0.1, 0.15) is 6.54 Å². The Kier molecular flexibility index (Phi) is 3.30. The van der Waals surface area contributed by atoms with Gasteiger partial charge in [0.25, 0.3) is 0 Å². The molecule has 22 heavy (non-hydrogen) atoms. The second-order valence-corrected chi connectivity index (χ2v) is 8.27. The lowest BCUT2D eigenvalue weighted by Crippen LogP contribution is -2.60. The molecule has 0 atom stereocenters. The maximum atomic E-state index is 12.6. The van der Waals surface area contributed by atoms with Crippen LogP contribution in [0.3, 0.4) is 0 Å². The van der Waals surface area contributed by atoms with Crippen LogP contribution in [0, 0.1) is 31.6 Å². The van der Waals surface area contributed by atoms with Crippen molar-refractivity contribution in [1.82, 2.24) is 15.1 Å². The van der Waals surface area contributed by atoms with Crippen molar-refractivity contribution in [2.75, 3.05) is 0 Å². The number of halogens is 1. The number of carbonyl (C=O) groups excluding carboxylic acids is 1. The number of rotatable bonds is 3. The number of nitrogens with one attached hydrogen (secondary N) is 1. The summed E-state index contributed by atoms with van der Waals surface area (Å²) >= 11 is 6.17. The zero-order valence-electron chi connectivity index (χ0n) is 13.4. The number of amides is 1. The SMILES string of the molecule is Cc1nn(CC(=O)NC23CC4CC(CC(C4)C2)C3)c(C)c1Cl. The minimum absolute atomic E-state index is 0.0751. The molecule has 5 heteroatoms. The van der Waals surface area contributed by atoms with E-state index < -0.39 is 0 Å². The molecule has 4 aliphatic carbocycles. The Bertz CT molecular complexity index is 586. The zero-order valence-corrected chi connectivity index (χ0v) is 14.1. The first-order chi connectivity index (χ1) is 10.4. The van der Waals surface area contributed by atoms with E-state index in [0.29, 0.717) is 5.02 Å². The van der Waals surface area contributed by atoms with Gasteiger partial charge in [-0.25, -0.2) is 0 Å². The molecule has 1 heterocycles. The molecular weight excluding hydrogens is 298 g/mol. The van der Waals surface area contributed by atoms with Gasteiger partial charge in [-0.15, -0.1) is 0 Å². The molecule has 1 N–H and O–H groups in total. The van der Waals surface area contributed by atoms with E-state index in [1.165, 1.54) is 38.5 Å². The maximum Gasteiger partial charge on any atom is 0.242 e. The second kappa shape index (κ2) is 4.98. The fraction of sp³-hybridized carbons (Fsp3) is 0.765. The largest absolute Gasteiger partial charge is 0.349 e. The Hall–Kier alpha value is -1.03. The van der Waals surface area contributed by atoms with Gasteiger partial charge in [-0.2, -0.15) is 5.10 Å². The van der Waals surface area contributed by atoms with E-state index in [1.54, 1.807) is 4.68 Å². The summed E-state index contributed by atoms with van der Waals surface area (Å²) in [6.07, 6.45) is 7.72. The first-order valence-electron chi connectivity index (χ1n) is 8.44. The second-order valence-electron chi connectivity index (χ2n) is 7.89. The van der Waals surface area contributed by atoms with Crippen LogP contribution in [-0.4, -0.2) is 21.2 Å². The summed E-state index contributed by atoms with van der Waals surface area (Å²) < 4.78 is 1.73. The van der Waals surface area contributed by atoms with Crippen LogP contribution in [0.25, 0.3) is 0 Å². The van der Waals surface area contributed by atoms with Crippen molar-refractivity contribution >= 4 is 17.5 Å². The molecule has 0 saturated heterocycles. The smallest absolute Gasteiger partial charge is 0.242 e. The van der Waals surface area contributed by atoms with E-state index in [4.69, 9.17) is 11.6 Å². The van der Waals surface area contributed by atoms with E-state index >= 15 is 0 Å². The highest BCUT2D eigenvalue weighted by Gasteiger charge is 2.51. The quantitative estimate of drug-likeness (QED) is 0.929. The number of carbonyl (C=O) groups is 1. The molecular formula is C17H24ClN3O. The van der Waals surface area contributed by atoms with Crippen LogP contribution >= 0.6 is 11.6 Å². The summed E-state index contributed by atoms with van der Waals surface area (Å²) in [4.78, 5) is 12.6. The van der Waals surface area contributed by atoms with Gasteiger partial charge < -0.3 is 5.32 Å². The van der Waals surface area contributed by atoms with Gasteiger partial charge in [-0.1, -0.05) is 11.6 Å². The van der Waals surface area contributed by atoms with Gasteiger partial charge >= 0.3 is 0 Å². The molecule has 4 saturated carbocycles. The molecule has 4 aliphatic rings. The van der Waals surface area contributed by atoms with Crippen LogP contribution in [0.1, 0.15) is 49.9 Å². The summed E-state index contributed by atoms with van der Waals surface area (Å²) in [5.41, 5.74) is 1.74. The van der Waals surface area contributed by atoms with Crippen molar-refractivity contribution in [3.05, 3.63) is 16.4 Å². The van der Waals surface area contributed by atoms with E-state index in [1.807, 2.05) is 13.8 Å². The number of aromatic nitrogens is 2. The predicted octanol–water partition coefficient (Wildman–Crippen LogP) is 3.24. The standard InChI is InChI=1S/C17H24ClN3O/c1-10-16(18)11(2)21(20-10)9-15(22)19-17-6-12-3-13(7-17)5-14(4-12)8-17/h12-14H,3-9H2,1-2H3,(H,19,22). The summed E-state index contributed by atoms with van der Waals surface area (Å²) in [6.45, 7) is 4.07. The van der Waals surface area contributed by atoms with E-state index in [-0.39, 0.29) is 18.0 Å². The first-order valence-corrected chi connectivity index (χ1v) is 8.82. The molecule has 5 rings (SSSR count). The lowest BCUT2D eigenvalue weighted by atomic mass is 9.53. The summed E-state index contributed by atoms with van der Waals surface area (Å²) in [5, 5.41) is 8.42. The third-order valence-electron chi connectivity index (χ3n) is 6.03. The average molecular weight is 322 g/mol. The molecule has 120 valence electrons. The summed E-state index contributed by atoms with van der Waals surface area (Å²) in [7, 11) is 0. The van der Waals surface area contributed by atoms with Crippen molar-refractivity contribution < 1.29 is 4.79 Å². The molecule has 0 unspecified atom stereocenters. The summed E-state index contributed by atoms with van der Waals surface area (Å²) in [6, 6.07) is 0. The van der Waals surface area contributed by atoms with Gasteiger partial charge in [0.05, 0.1) is 16.4 Å². The molecule has 1 aromatic rings. The van der Waals surface area contributed by atoms with Gasteiger partial charge in [-0.05, 0) is 70.1 Å². The topological polar surface area (TPSA) is 46.9 Å². The third-order valence-corrected chi connectivity index (χ3v) is 6.58. The summed E-state index contributed by atoms with van der Waals surface area (Å²) in [5.74, 6) is 2.61. The van der Waals surface area contributed by atoms with E-state index in [9.17, 15) is 4.79 Å². The lowest BCUT2D eigenvalue weighted by Gasteiger charge is -2.56. The Morgan fingerprint density at radius 3 is 2.23 bits per heavy atom. The van der Waals surface area contributed by atoms with Crippen molar-refractivity contribution in [2.45, 2.75) is 64.5 Å². The molecule has 4 nitrogen and oxygen atoms in total. The number of nitrogens with zero attached hydrogens (tertiary/aromatic N) is 2. The predicted molar refractivity (Wildman–Crippen MR) is 85.8 cm³/mol. The molecule has 4 fully saturated rings. The van der Waals surface area contributed by atoms with Gasteiger partial charge in [0, 0.05) is 5.54 Å². The van der Waals surface area contributed by atoms with Crippen molar-refractivity contribution in [3.8, 4) is 0 Å². The molecule has 1 amide bonds. The Labute approximate surface area is 136 Å². The number of hydrogen-bond acceptors (Lipinski definition) is 2. The average Bonchev–Trinajstić information content (AvgIpc) is 2.64. The minimum atomic E-state index is 0.0751. The van der Waals surface area contributed by atoms with E-state index in [2.05, 4.69) is 10.4 Å². The fourth-order valence-corrected chi connectivity index (χ4v) is 5.70. The Morgan fingerprint density at radius 1 is 1.23 bits per heavy atom. The van der Waals surface area contributed by atoms with Gasteiger partial charge in [-0.3, -0.25) is 9.48 Å². The van der Waals surface area contributed by atoms with Crippen LogP contribution in [0.5, 0.6) is 0 Å². The Morgan fingerprint density at radius 2 is 1.77 bits per heavy atom. The van der Waals surface area contributed by atoms with Crippen LogP contribution in [0.4, 0.5) is 0 Å². The van der Waals surface area contributed by atoms with Gasteiger partial charge in [0.15, 0.2) is 0 Å². The van der Waals surface area contributed by atoms with Crippen LogP contribution in [0.15, 0.2) is 0 Å². The maximum absolute atomic E-state index is 12.6. The first kappa shape index (κ1) is 14.6. The van der Waals surface area contributed by atoms with Crippen molar-refractivity contribution in [1.29, 1.82) is 0 Å². The third kappa shape index (κ3) is 2.36. The van der Waals surface area contributed by atoms with Crippen molar-refractivity contribution in [2.24, 2.45) is 17.8 Å². The molecule has 0 aliphatic heterocycles.